The zero-order valence-electron chi connectivity index (χ0n) is 19.7. The molecule has 8 heteroatoms. The third kappa shape index (κ3) is 5.59. The summed E-state index contributed by atoms with van der Waals surface area (Å²) in [6, 6.07) is 16.5. The first-order valence-corrected chi connectivity index (χ1v) is 12.7. The van der Waals surface area contributed by atoms with Crippen LogP contribution in [0.5, 0.6) is 5.75 Å². The van der Waals surface area contributed by atoms with Gasteiger partial charge >= 0.3 is 0 Å². The standard InChI is InChI=1S/C26H32N4O3S/c1-18-14-29(16-23-13-24(28-33-23)20-6-4-3-5-7-20)10-11-30(18)15-21(31)17-32-22-8-9-26-25(12-22)27-19(2)34-26/h3-9,12-13,18,21,23,28,31H,10-11,14-17H2,1-2H3/t18-,21+,23+/m0/s1. The molecule has 0 spiro atoms. The number of piperazine rings is 1. The number of nitrogens with zero attached hydrogens (tertiary/aromatic N) is 3. The molecule has 5 rings (SSSR count). The van der Waals surface area contributed by atoms with E-state index in [2.05, 4.69) is 45.4 Å². The summed E-state index contributed by atoms with van der Waals surface area (Å²) in [5.41, 5.74) is 6.19. The predicted octanol–water partition coefficient (Wildman–Crippen LogP) is 3.30. The van der Waals surface area contributed by atoms with Gasteiger partial charge in [-0.15, -0.1) is 11.3 Å². The summed E-state index contributed by atoms with van der Waals surface area (Å²) in [4.78, 5) is 15.1. The Morgan fingerprint density at radius 2 is 2.09 bits per heavy atom. The fraction of sp³-hybridized carbons (Fsp3) is 0.423. The van der Waals surface area contributed by atoms with Crippen LogP contribution in [0.2, 0.25) is 0 Å². The van der Waals surface area contributed by atoms with Gasteiger partial charge < -0.3 is 9.84 Å². The van der Waals surface area contributed by atoms with Crippen LogP contribution in [0.15, 0.2) is 54.6 Å². The van der Waals surface area contributed by atoms with Gasteiger partial charge in [0.25, 0.3) is 0 Å². The first-order chi connectivity index (χ1) is 16.5. The minimum atomic E-state index is -0.541. The fourth-order valence-electron chi connectivity index (χ4n) is 4.65. The van der Waals surface area contributed by atoms with Gasteiger partial charge in [-0.05, 0) is 37.6 Å². The Hall–Kier alpha value is -2.49. The van der Waals surface area contributed by atoms with Crippen LogP contribution in [0.4, 0.5) is 0 Å². The number of aryl methyl sites for hydroxylation is 1. The molecule has 1 aromatic heterocycles. The number of benzene rings is 2. The minimum absolute atomic E-state index is 0.0341. The quantitative estimate of drug-likeness (QED) is 0.513. The van der Waals surface area contributed by atoms with Crippen molar-refractivity contribution in [3.63, 3.8) is 0 Å². The van der Waals surface area contributed by atoms with E-state index in [9.17, 15) is 5.11 Å². The molecule has 3 atom stereocenters. The van der Waals surface area contributed by atoms with Gasteiger partial charge in [-0.25, -0.2) is 4.98 Å². The Labute approximate surface area is 204 Å². The summed E-state index contributed by atoms with van der Waals surface area (Å²) in [6.45, 7) is 8.77. The summed E-state index contributed by atoms with van der Waals surface area (Å²) in [6.07, 6.45) is 1.66. The molecule has 3 aromatic rings. The largest absolute Gasteiger partial charge is 0.491 e. The molecular formula is C26H32N4O3S. The maximum Gasteiger partial charge on any atom is 0.121 e. The summed E-state index contributed by atoms with van der Waals surface area (Å²) in [7, 11) is 0. The molecule has 34 heavy (non-hydrogen) atoms. The Kier molecular flexibility index (Phi) is 7.12. The number of rotatable bonds is 8. The number of thiazole rings is 1. The molecule has 0 saturated carbocycles. The zero-order valence-corrected chi connectivity index (χ0v) is 20.5. The molecule has 2 aliphatic rings. The van der Waals surface area contributed by atoms with Gasteiger partial charge in [-0.3, -0.25) is 20.1 Å². The van der Waals surface area contributed by atoms with Crippen molar-refractivity contribution in [1.82, 2.24) is 20.3 Å². The van der Waals surface area contributed by atoms with E-state index in [1.54, 1.807) is 11.3 Å². The summed E-state index contributed by atoms with van der Waals surface area (Å²) >= 11 is 1.68. The molecule has 3 heterocycles. The smallest absolute Gasteiger partial charge is 0.121 e. The molecule has 0 unspecified atom stereocenters. The molecule has 2 aromatic carbocycles. The summed E-state index contributed by atoms with van der Waals surface area (Å²) < 4.78 is 7.02. The van der Waals surface area contributed by atoms with Gasteiger partial charge in [0.2, 0.25) is 0 Å². The van der Waals surface area contributed by atoms with Crippen molar-refractivity contribution in [3.05, 3.63) is 65.2 Å². The number of aliphatic hydroxyl groups excluding tert-OH is 1. The second kappa shape index (κ2) is 10.4. The van der Waals surface area contributed by atoms with Crippen molar-refractivity contribution < 1.29 is 14.7 Å². The Morgan fingerprint density at radius 3 is 2.91 bits per heavy atom. The molecule has 0 aliphatic carbocycles. The maximum absolute atomic E-state index is 10.6. The van der Waals surface area contributed by atoms with Crippen LogP contribution in [0.1, 0.15) is 17.5 Å². The van der Waals surface area contributed by atoms with Crippen molar-refractivity contribution in [1.29, 1.82) is 0 Å². The fourth-order valence-corrected chi connectivity index (χ4v) is 5.45. The van der Waals surface area contributed by atoms with E-state index in [1.807, 2.05) is 43.3 Å². The van der Waals surface area contributed by atoms with Crippen LogP contribution in [0, 0.1) is 6.92 Å². The van der Waals surface area contributed by atoms with Crippen molar-refractivity contribution in [2.45, 2.75) is 32.1 Å². The molecule has 2 N–H and O–H groups in total. The molecule has 2 aliphatic heterocycles. The van der Waals surface area contributed by atoms with Gasteiger partial charge in [0, 0.05) is 44.8 Å². The van der Waals surface area contributed by atoms with E-state index in [0.717, 1.165) is 58.4 Å². The number of nitrogens with one attached hydrogen (secondary N) is 1. The Balaban J connectivity index is 1.07. The number of aliphatic hydroxyl groups is 1. The lowest BCUT2D eigenvalue weighted by molar-refractivity contribution is -0.00741. The second-order valence-electron chi connectivity index (χ2n) is 9.14. The number of aromatic nitrogens is 1. The van der Waals surface area contributed by atoms with Gasteiger partial charge in [0.15, 0.2) is 0 Å². The van der Waals surface area contributed by atoms with Crippen LogP contribution in [-0.4, -0.2) is 77.5 Å². The molecule has 1 fully saturated rings. The van der Waals surface area contributed by atoms with E-state index in [4.69, 9.17) is 9.57 Å². The lowest BCUT2D eigenvalue weighted by Gasteiger charge is -2.41. The number of hydrogen-bond donors (Lipinski definition) is 2. The Morgan fingerprint density at radius 1 is 1.24 bits per heavy atom. The highest BCUT2D eigenvalue weighted by Crippen LogP contribution is 2.26. The number of β-amino-alcohol motifs (C(OH)–C–C–N with tert-alkyl or cyclic N) is 1. The van der Waals surface area contributed by atoms with E-state index < -0.39 is 6.10 Å². The second-order valence-corrected chi connectivity index (χ2v) is 10.4. The highest BCUT2D eigenvalue weighted by molar-refractivity contribution is 7.18. The lowest BCUT2D eigenvalue weighted by atomic mass is 10.1. The average molecular weight is 481 g/mol. The number of hydroxylamine groups is 1. The third-order valence-electron chi connectivity index (χ3n) is 6.40. The number of ether oxygens (including phenoxy) is 1. The van der Waals surface area contributed by atoms with Crippen molar-refractivity contribution in [2.75, 3.05) is 39.3 Å². The Bertz CT molecular complexity index is 1140. The van der Waals surface area contributed by atoms with E-state index in [0.29, 0.717) is 12.6 Å². The van der Waals surface area contributed by atoms with E-state index >= 15 is 0 Å². The zero-order chi connectivity index (χ0) is 23.5. The van der Waals surface area contributed by atoms with Gasteiger partial charge in [-0.2, -0.15) is 0 Å². The molecule has 180 valence electrons. The monoisotopic (exact) mass is 480 g/mol. The molecule has 0 bridgehead atoms. The highest BCUT2D eigenvalue weighted by Gasteiger charge is 2.28. The average Bonchev–Trinajstić information content (AvgIpc) is 3.45. The van der Waals surface area contributed by atoms with Crippen LogP contribution < -0.4 is 10.2 Å². The van der Waals surface area contributed by atoms with E-state index in [-0.39, 0.29) is 12.7 Å². The minimum Gasteiger partial charge on any atom is -0.491 e. The van der Waals surface area contributed by atoms with Crippen LogP contribution in [-0.2, 0) is 4.84 Å². The van der Waals surface area contributed by atoms with Gasteiger partial charge in [0.1, 0.15) is 24.6 Å². The molecule has 0 amide bonds. The van der Waals surface area contributed by atoms with Crippen LogP contribution >= 0.6 is 11.3 Å². The maximum atomic E-state index is 10.6. The molecule has 1 saturated heterocycles. The van der Waals surface area contributed by atoms with E-state index in [1.165, 1.54) is 0 Å². The van der Waals surface area contributed by atoms with Gasteiger partial charge in [-0.1, -0.05) is 30.3 Å². The molecular weight excluding hydrogens is 448 g/mol. The van der Waals surface area contributed by atoms with Crippen molar-refractivity contribution in [3.8, 4) is 5.75 Å². The lowest BCUT2D eigenvalue weighted by Crippen LogP contribution is -2.55. The highest BCUT2D eigenvalue weighted by atomic mass is 32.1. The molecule has 0 radical (unpaired) electrons. The number of hydrogen-bond acceptors (Lipinski definition) is 8. The van der Waals surface area contributed by atoms with Crippen LogP contribution in [0.25, 0.3) is 15.9 Å². The third-order valence-corrected chi connectivity index (χ3v) is 7.35. The first kappa shape index (κ1) is 23.3. The van der Waals surface area contributed by atoms with Crippen LogP contribution in [0.3, 0.4) is 0 Å². The van der Waals surface area contributed by atoms with Crippen molar-refractivity contribution >= 4 is 27.3 Å². The topological polar surface area (TPSA) is 70.1 Å². The predicted molar refractivity (Wildman–Crippen MR) is 136 cm³/mol. The summed E-state index contributed by atoms with van der Waals surface area (Å²) in [5, 5.41) is 11.6. The number of fused-ring (bicyclic) bond motifs is 1. The molecule has 7 nitrogen and oxygen atoms in total. The first-order valence-electron chi connectivity index (χ1n) is 11.9. The van der Waals surface area contributed by atoms with Gasteiger partial charge in [0.05, 0.1) is 20.9 Å². The summed E-state index contributed by atoms with van der Waals surface area (Å²) in [5.74, 6) is 0.753. The van der Waals surface area contributed by atoms with Crippen molar-refractivity contribution in [2.24, 2.45) is 0 Å². The SMILES string of the molecule is Cc1nc2cc(OC[C@H](O)CN3CCN(C[C@H]4C=C(c5ccccc5)NO4)C[C@@H]3C)ccc2s1. The normalized spacial score (nSPS) is 22.5.